The Bertz CT molecular complexity index is 1110. The van der Waals surface area contributed by atoms with E-state index in [1.165, 1.54) is 17.3 Å². The summed E-state index contributed by atoms with van der Waals surface area (Å²) in [6, 6.07) is 11.6. The average Bonchev–Trinajstić information content (AvgIpc) is 2.92. The van der Waals surface area contributed by atoms with Gasteiger partial charge in [-0.05, 0) is 49.1 Å². The van der Waals surface area contributed by atoms with Gasteiger partial charge in [0.2, 0.25) is 5.91 Å². The molecular weight excluding hydrogens is 499 g/mol. The number of benzene rings is 2. The Labute approximate surface area is 220 Å². The predicted molar refractivity (Wildman–Crippen MR) is 140 cm³/mol. The quantitative estimate of drug-likeness (QED) is 0.388. The van der Waals surface area contributed by atoms with Crippen molar-refractivity contribution in [2.75, 3.05) is 56.0 Å². The lowest BCUT2D eigenvalue weighted by Gasteiger charge is -2.37. The molecule has 11 heteroatoms. The highest BCUT2D eigenvalue weighted by atomic mass is 19.4. The maximum Gasteiger partial charge on any atom is 0.423 e. The van der Waals surface area contributed by atoms with E-state index in [1.807, 2.05) is 4.90 Å². The highest BCUT2D eigenvalue weighted by Gasteiger charge is 2.38. The Morgan fingerprint density at radius 2 is 1.68 bits per heavy atom. The second kappa shape index (κ2) is 12.0. The number of nitrogens with zero attached hydrogens (tertiary/aromatic N) is 4. The molecule has 2 aromatic carbocycles. The van der Waals surface area contributed by atoms with Crippen molar-refractivity contribution in [3.05, 3.63) is 63.7 Å². The topological polar surface area (TPSA) is 82.0 Å². The summed E-state index contributed by atoms with van der Waals surface area (Å²) in [5.41, 5.74) is 0.517. The first-order valence-corrected chi connectivity index (χ1v) is 13.1. The SMILES string of the molecule is CCc1ccc(N2CCN(C(=O)CCN3CCC(Nc4ccc([N+](=O)[O-])c(C(F)(F)F)c4)CC3)CC2)cc1. The third-order valence-corrected chi connectivity index (χ3v) is 7.44. The number of carbonyl (C=O) groups is 1. The molecule has 8 nitrogen and oxygen atoms in total. The first-order chi connectivity index (χ1) is 18.1. The molecule has 0 saturated carbocycles. The normalized spacial score (nSPS) is 17.5. The molecule has 0 bridgehead atoms. The van der Waals surface area contributed by atoms with Crippen LogP contribution < -0.4 is 10.2 Å². The summed E-state index contributed by atoms with van der Waals surface area (Å²) in [5, 5.41) is 14.1. The monoisotopic (exact) mass is 533 g/mol. The summed E-state index contributed by atoms with van der Waals surface area (Å²) in [5.74, 6) is 0.150. The maximum absolute atomic E-state index is 13.3. The van der Waals surface area contributed by atoms with E-state index < -0.39 is 22.4 Å². The van der Waals surface area contributed by atoms with Crippen LogP contribution in [0.25, 0.3) is 0 Å². The number of nitrogens with one attached hydrogen (secondary N) is 1. The van der Waals surface area contributed by atoms with Gasteiger partial charge < -0.3 is 20.0 Å². The second-order valence-corrected chi connectivity index (χ2v) is 9.88. The zero-order chi connectivity index (χ0) is 27.3. The van der Waals surface area contributed by atoms with E-state index >= 15 is 0 Å². The smallest absolute Gasteiger partial charge is 0.382 e. The summed E-state index contributed by atoms with van der Waals surface area (Å²) in [6.07, 6.45) is -1.92. The molecule has 38 heavy (non-hydrogen) atoms. The molecule has 0 aliphatic carbocycles. The molecule has 1 amide bonds. The standard InChI is InChI=1S/C27H34F3N5O3/c1-2-20-3-6-23(7-4-20)33-15-17-34(18-16-33)26(36)11-14-32-12-9-21(10-13-32)31-22-5-8-25(35(37)38)24(19-22)27(28,29)30/h3-8,19,21,31H,2,9-18H2,1H3. The number of aryl methyl sites for hydroxylation is 1. The molecule has 2 saturated heterocycles. The highest BCUT2D eigenvalue weighted by molar-refractivity contribution is 5.76. The number of alkyl halides is 3. The number of piperidine rings is 1. The molecule has 4 rings (SSSR count). The van der Waals surface area contributed by atoms with Gasteiger partial charge in [-0.25, -0.2) is 0 Å². The number of piperazine rings is 1. The number of halogens is 3. The number of rotatable bonds is 8. The largest absolute Gasteiger partial charge is 0.423 e. The number of amides is 1. The predicted octanol–water partition coefficient (Wildman–Crippen LogP) is 4.79. The number of nitro groups is 1. The molecule has 1 N–H and O–H groups in total. The van der Waals surface area contributed by atoms with Gasteiger partial charge in [-0.3, -0.25) is 14.9 Å². The number of hydrogen-bond donors (Lipinski definition) is 1. The second-order valence-electron chi connectivity index (χ2n) is 9.88. The van der Waals surface area contributed by atoms with Crippen LogP contribution in [0.5, 0.6) is 0 Å². The lowest BCUT2D eigenvalue weighted by molar-refractivity contribution is -0.388. The lowest BCUT2D eigenvalue weighted by Crippen LogP contribution is -2.49. The molecule has 0 atom stereocenters. The van der Waals surface area contributed by atoms with Gasteiger partial charge in [0.1, 0.15) is 5.56 Å². The van der Waals surface area contributed by atoms with Crippen LogP contribution in [0.4, 0.5) is 30.2 Å². The summed E-state index contributed by atoms with van der Waals surface area (Å²) in [6.45, 7) is 7.28. The summed E-state index contributed by atoms with van der Waals surface area (Å²) >= 11 is 0. The Kier molecular flexibility index (Phi) is 8.76. The zero-order valence-electron chi connectivity index (χ0n) is 21.5. The molecule has 0 radical (unpaired) electrons. The summed E-state index contributed by atoms with van der Waals surface area (Å²) in [4.78, 5) is 29.2. The number of likely N-dealkylation sites (tertiary alicyclic amines) is 1. The Morgan fingerprint density at radius 1 is 1.03 bits per heavy atom. The van der Waals surface area contributed by atoms with E-state index in [2.05, 4.69) is 46.3 Å². The Morgan fingerprint density at radius 3 is 2.26 bits per heavy atom. The van der Waals surface area contributed by atoms with Gasteiger partial charge in [-0.15, -0.1) is 0 Å². The van der Waals surface area contributed by atoms with Crippen molar-refractivity contribution in [1.82, 2.24) is 9.80 Å². The molecule has 0 spiro atoms. The van der Waals surface area contributed by atoms with Crippen molar-refractivity contribution in [3.8, 4) is 0 Å². The van der Waals surface area contributed by atoms with Crippen molar-refractivity contribution in [3.63, 3.8) is 0 Å². The molecular formula is C27H34F3N5O3. The Balaban J connectivity index is 1.19. The minimum atomic E-state index is -4.80. The first kappa shape index (κ1) is 27.7. The van der Waals surface area contributed by atoms with Gasteiger partial charge >= 0.3 is 6.18 Å². The fourth-order valence-corrected chi connectivity index (χ4v) is 5.12. The highest BCUT2D eigenvalue weighted by Crippen LogP contribution is 2.38. The maximum atomic E-state index is 13.3. The van der Waals surface area contributed by atoms with Crippen molar-refractivity contribution in [1.29, 1.82) is 0 Å². The van der Waals surface area contributed by atoms with Gasteiger partial charge in [0.25, 0.3) is 5.69 Å². The fourth-order valence-electron chi connectivity index (χ4n) is 5.12. The minimum absolute atomic E-state index is 0.0380. The molecule has 206 valence electrons. The van der Waals surface area contributed by atoms with E-state index in [0.717, 1.165) is 44.7 Å². The summed E-state index contributed by atoms with van der Waals surface area (Å²) < 4.78 is 39.8. The van der Waals surface area contributed by atoms with E-state index in [4.69, 9.17) is 0 Å². The van der Waals surface area contributed by atoms with E-state index in [0.29, 0.717) is 38.9 Å². The van der Waals surface area contributed by atoms with Gasteiger partial charge in [0, 0.05) is 75.7 Å². The zero-order valence-corrected chi connectivity index (χ0v) is 21.5. The average molecular weight is 534 g/mol. The number of carbonyl (C=O) groups excluding carboxylic acids is 1. The van der Waals surface area contributed by atoms with E-state index in [-0.39, 0.29) is 17.6 Å². The van der Waals surface area contributed by atoms with Crippen LogP contribution in [-0.4, -0.2) is 72.5 Å². The van der Waals surface area contributed by atoms with Crippen LogP contribution in [-0.2, 0) is 17.4 Å². The molecule has 2 aliphatic rings. The summed E-state index contributed by atoms with van der Waals surface area (Å²) in [7, 11) is 0. The molecule has 2 aromatic rings. The molecule has 0 unspecified atom stereocenters. The van der Waals surface area contributed by atoms with Gasteiger partial charge in [0.05, 0.1) is 4.92 Å². The molecule has 2 aliphatic heterocycles. The Hall–Kier alpha value is -3.34. The molecule has 2 heterocycles. The van der Waals surface area contributed by atoms with Gasteiger partial charge in [0.15, 0.2) is 0 Å². The van der Waals surface area contributed by atoms with Gasteiger partial charge in [-0.1, -0.05) is 19.1 Å². The number of hydrogen-bond acceptors (Lipinski definition) is 6. The number of anilines is 2. The molecule has 0 aromatic heterocycles. The van der Waals surface area contributed by atoms with Crippen molar-refractivity contribution >= 4 is 23.0 Å². The van der Waals surface area contributed by atoms with Crippen molar-refractivity contribution in [2.45, 2.75) is 44.8 Å². The van der Waals surface area contributed by atoms with E-state index in [9.17, 15) is 28.1 Å². The van der Waals surface area contributed by atoms with Crippen LogP contribution in [0, 0.1) is 10.1 Å². The fraction of sp³-hybridized carbons (Fsp3) is 0.519. The minimum Gasteiger partial charge on any atom is -0.382 e. The van der Waals surface area contributed by atoms with Crippen LogP contribution in [0.3, 0.4) is 0 Å². The third kappa shape index (κ3) is 6.94. The lowest BCUT2D eigenvalue weighted by atomic mass is 10.0. The van der Waals surface area contributed by atoms with Crippen LogP contribution in [0.1, 0.15) is 37.3 Å². The first-order valence-electron chi connectivity index (χ1n) is 13.1. The third-order valence-electron chi connectivity index (χ3n) is 7.44. The van der Waals surface area contributed by atoms with Gasteiger partial charge in [-0.2, -0.15) is 13.2 Å². The number of nitro benzene ring substituents is 1. The van der Waals surface area contributed by atoms with Crippen LogP contribution in [0.15, 0.2) is 42.5 Å². The van der Waals surface area contributed by atoms with Crippen LogP contribution in [0.2, 0.25) is 0 Å². The van der Waals surface area contributed by atoms with Crippen LogP contribution >= 0.6 is 0 Å². The van der Waals surface area contributed by atoms with Crippen molar-refractivity contribution in [2.24, 2.45) is 0 Å². The molecule has 2 fully saturated rings. The van der Waals surface area contributed by atoms with E-state index in [1.54, 1.807) is 0 Å². The van der Waals surface area contributed by atoms with Crippen molar-refractivity contribution < 1.29 is 22.9 Å².